The molecule has 72 valence electrons. The molecule has 1 atom stereocenters. The number of halogens is 7. The molecule has 12 heavy (non-hydrogen) atoms. The lowest BCUT2D eigenvalue weighted by molar-refractivity contribution is -0.0695. The van der Waals surface area contributed by atoms with Gasteiger partial charge < -0.3 is 0 Å². The highest BCUT2D eigenvalue weighted by atomic mass is 35.6. The summed E-state index contributed by atoms with van der Waals surface area (Å²) in [5.41, 5.74) is 0. The molecule has 0 aromatic heterocycles. The first kappa shape index (κ1) is 12.7. The third kappa shape index (κ3) is 2.13. The molecule has 0 aliphatic rings. The van der Waals surface area contributed by atoms with Crippen LogP contribution < -0.4 is 0 Å². The number of hydrogen-bond donors (Lipinski definition) is 0. The highest BCUT2D eigenvalue weighted by molar-refractivity contribution is 6.68. The van der Waals surface area contributed by atoms with Gasteiger partial charge in [-0.15, -0.1) is 0 Å². The molecular weight excluding hydrogens is 259 g/mol. The van der Waals surface area contributed by atoms with Gasteiger partial charge in [0, 0.05) is 0 Å². The molecule has 0 spiro atoms. The van der Waals surface area contributed by atoms with Crippen molar-refractivity contribution >= 4 is 46.4 Å². The van der Waals surface area contributed by atoms with Crippen LogP contribution in [0.1, 0.15) is 0 Å². The molecule has 0 aliphatic heterocycles. The third-order valence-electron chi connectivity index (χ3n) is 1.03. The largest absolute Gasteiger partial charge is 0.344 e. The van der Waals surface area contributed by atoms with E-state index in [0.717, 1.165) is 0 Å². The van der Waals surface area contributed by atoms with Gasteiger partial charge in [0.25, 0.3) is 8.92 Å². The fourth-order valence-corrected chi connectivity index (χ4v) is 1.02. The Morgan fingerprint density at radius 2 is 1.33 bits per heavy atom. The Balaban J connectivity index is 4.97. The minimum atomic E-state index is -4.34. The topological polar surface area (TPSA) is 0 Å². The molecule has 0 saturated heterocycles. The van der Waals surface area contributed by atoms with Crippen molar-refractivity contribution in [2.75, 3.05) is 0 Å². The van der Waals surface area contributed by atoms with Gasteiger partial charge >= 0.3 is 5.92 Å². The van der Waals surface area contributed by atoms with Crippen molar-refractivity contribution in [3.05, 3.63) is 12.7 Å². The van der Waals surface area contributed by atoms with Crippen molar-refractivity contribution in [1.82, 2.24) is 0 Å². The van der Waals surface area contributed by atoms with Gasteiger partial charge in [0.2, 0.25) is 0 Å². The molecule has 0 saturated carbocycles. The van der Waals surface area contributed by atoms with Gasteiger partial charge in [-0.2, -0.15) is 8.78 Å². The quantitative estimate of drug-likeness (QED) is 0.519. The Morgan fingerprint density at radius 1 is 1.00 bits per heavy atom. The van der Waals surface area contributed by atoms with Gasteiger partial charge in [-0.25, -0.2) is 4.39 Å². The Labute approximate surface area is 87.2 Å². The standard InChI is InChI=1S/C5H3Cl4F3/c1-2-3(6,10)4(11,12)5(7,8)9/h2H,1H2. The zero-order valence-electron chi connectivity index (χ0n) is 5.43. The molecule has 0 heterocycles. The first-order valence-corrected chi connectivity index (χ1v) is 4.03. The van der Waals surface area contributed by atoms with Crippen LogP contribution in [0.4, 0.5) is 13.2 Å². The van der Waals surface area contributed by atoms with Crippen molar-refractivity contribution in [1.29, 1.82) is 0 Å². The molecule has 0 aromatic rings. The SMILES string of the molecule is C=CC(F)(Cl)C(F)(F)C(Cl)(Cl)Cl. The number of rotatable bonds is 2. The molecule has 0 N–H and O–H groups in total. The van der Waals surface area contributed by atoms with Gasteiger partial charge in [-0.3, -0.25) is 0 Å². The summed E-state index contributed by atoms with van der Waals surface area (Å²) < 4.78 is 35.1. The molecule has 0 fully saturated rings. The Hall–Kier alpha value is 0.690. The van der Waals surface area contributed by atoms with E-state index >= 15 is 0 Å². The summed E-state index contributed by atoms with van der Waals surface area (Å²) in [5.74, 6) is -4.34. The molecular formula is C5H3Cl4F3. The highest BCUT2D eigenvalue weighted by Crippen LogP contribution is 2.52. The van der Waals surface area contributed by atoms with Crippen molar-refractivity contribution in [2.45, 2.75) is 14.8 Å². The van der Waals surface area contributed by atoms with Gasteiger partial charge in [0.15, 0.2) is 0 Å². The molecule has 0 aliphatic carbocycles. The second kappa shape index (κ2) is 3.45. The van der Waals surface area contributed by atoms with Crippen LogP contribution in [0, 0.1) is 0 Å². The van der Waals surface area contributed by atoms with Gasteiger partial charge in [0.05, 0.1) is 0 Å². The smallest absolute Gasteiger partial charge is 0.215 e. The van der Waals surface area contributed by atoms with E-state index in [2.05, 4.69) is 6.58 Å². The average Bonchev–Trinajstić information content (AvgIpc) is 1.85. The maximum absolute atomic E-state index is 12.7. The number of alkyl halides is 7. The van der Waals surface area contributed by atoms with Crippen LogP contribution in [-0.4, -0.2) is 14.8 Å². The Morgan fingerprint density at radius 3 is 1.42 bits per heavy atom. The van der Waals surface area contributed by atoms with E-state index in [1.54, 1.807) is 0 Å². The zero-order valence-corrected chi connectivity index (χ0v) is 8.45. The fraction of sp³-hybridized carbons (Fsp3) is 0.600. The lowest BCUT2D eigenvalue weighted by Crippen LogP contribution is -2.48. The van der Waals surface area contributed by atoms with Crippen molar-refractivity contribution < 1.29 is 13.2 Å². The summed E-state index contributed by atoms with van der Waals surface area (Å²) >= 11 is 19.1. The van der Waals surface area contributed by atoms with Crippen LogP contribution in [-0.2, 0) is 0 Å². The van der Waals surface area contributed by atoms with E-state index in [1.165, 1.54) is 0 Å². The molecule has 0 radical (unpaired) electrons. The minimum absolute atomic E-state index is 0.163. The number of hydrogen-bond acceptors (Lipinski definition) is 0. The monoisotopic (exact) mass is 260 g/mol. The zero-order chi connectivity index (χ0) is 10.2. The maximum atomic E-state index is 12.7. The summed E-state index contributed by atoms with van der Waals surface area (Å²) in [5, 5.41) is -3.57. The minimum Gasteiger partial charge on any atom is -0.215 e. The second-order valence-corrected chi connectivity index (χ2v) is 4.73. The Bertz CT molecular complexity index is 184. The van der Waals surface area contributed by atoms with Crippen LogP contribution in [0.25, 0.3) is 0 Å². The van der Waals surface area contributed by atoms with Crippen LogP contribution >= 0.6 is 46.4 Å². The number of allylic oxidation sites excluding steroid dienone is 1. The van der Waals surface area contributed by atoms with Gasteiger partial charge in [0.1, 0.15) is 0 Å². The summed E-state index contributed by atoms with van der Waals surface area (Å²) in [6.45, 7) is 2.75. The van der Waals surface area contributed by atoms with Crippen molar-refractivity contribution in [3.8, 4) is 0 Å². The van der Waals surface area contributed by atoms with Crippen LogP contribution in [0.3, 0.4) is 0 Å². The Kier molecular flexibility index (Phi) is 3.64. The fourth-order valence-electron chi connectivity index (χ4n) is 0.317. The van der Waals surface area contributed by atoms with E-state index in [4.69, 9.17) is 46.4 Å². The predicted molar refractivity (Wildman–Crippen MR) is 45.1 cm³/mol. The normalized spacial score (nSPS) is 18.6. The summed E-state index contributed by atoms with van der Waals surface area (Å²) in [7, 11) is 0. The summed E-state index contributed by atoms with van der Waals surface area (Å²) in [4.78, 5) is 0. The van der Waals surface area contributed by atoms with Crippen molar-refractivity contribution in [3.63, 3.8) is 0 Å². The van der Waals surface area contributed by atoms with Crippen LogP contribution in [0.2, 0.25) is 0 Å². The lowest BCUT2D eigenvalue weighted by Gasteiger charge is -2.30. The molecule has 1 unspecified atom stereocenters. The van der Waals surface area contributed by atoms with Gasteiger partial charge in [-0.1, -0.05) is 53.0 Å². The van der Waals surface area contributed by atoms with Crippen LogP contribution in [0.15, 0.2) is 12.7 Å². The molecule has 0 bridgehead atoms. The van der Waals surface area contributed by atoms with E-state index < -0.39 is 14.8 Å². The summed E-state index contributed by atoms with van der Waals surface area (Å²) in [6, 6.07) is 0. The maximum Gasteiger partial charge on any atom is 0.344 e. The predicted octanol–water partition coefficient (Wildman–Crippen LogP) is 4.08. The van der Waals surface area contributed by atoms with E-state index in [1.807, 2.05) is 0 Å². The molecule has 0 nitrogen and oxygen atoms in total. The van der Waals surface area contributed by atoms with E-state index in [0.29, 0.717) is 0 Å². The molecule has 0 rings (SSSR count). The van der Waals surface area contributed by atoms with E-state index in [9.17, 15) is 13.2 Å². The van der Waals surface area contributed by atoms with E-state index in [-0.39, 0.29) is 6.08 Å². The molecule has 0 aromatic carbocycles. The lowest BCUT2D eigenvalue weighted by atomic mass is 10.2. The average molecular weight is 262 g/mol. The molecule has 7 heteroatoms. The van der Waals surface area contributed by atoms with Gasteiger partial charge in [-0.05, 0) is 6.08 Å². The first-order valence-electron chi connectivity index (χ1n) is 2.52. The summed E-state index contributed by atoms with van der Waals surface area (Å²) in [6.07, 6.45) is 0.163. The molecule has 0 amide bonds. The first-order chi connectivity index (χ1) is 5.06. The highest BCUT2D eigenvalue weighted by Gasteiger charge is 2.64. The third-order valence-corrected chi connectivity index (χ3v) is 2.13. The van der Waals surface area contributed by atoms with Crippen molar-refractivity contribution in [2.24, 2.45) is 0 Å². The second-order valence-electron chi connectivity index (χ2n) is 1.90. The van der Waals surface area contributed by atoms with Crippen LogP contribution in [0.5, 0.6) is 0 Å².